The summed E-state index contributed by atoms with van der Waals surface area (Å²) in [6, 6.07) is 11.9. The molecule has 2 fully saturated rings. The predicted molar refractivity (Wildman–Crippen MR) is 134 cm³/mol. The molecule has 0 aromatic heterocycles. The van der Waals surface area contributed by atoms with Gasteiger partial charge in [-0.3, -0.25) is 9.69 Å². The minimum absolute atomic E-state index is 0.333. The molecule has 2 aromatic carbocycles. The van der Waals surface area contributed by atoms with E-state index < -0.39 is 24.1 Å². The third-order valence-corrected chi connectivity index (χ3v) is 7.44. The van der Waals surface area contributed by atoms with Crippen molar-refractivity contribution in [3.8, 4) is 0 Å². The molecule has 1 aliphatic carbocycles. The first-order chi connectivity index (χ1) is 17.5. The number of amides is 2. The molecular formula is C27H33FN4O4. The third kappa shape index (κ3) is 5.32. The highest BCUT2D eigenvalue weighted by atomic mass is 19.1. The molecule has 0 spiro atoms. The van der Waals surface area contributed by atoms with Crippen LogP contribution in [0.15, 0.2) is 42.5 Å². The van der Waals surface area contributed by atoms with Crippen molar-refractivity contribution in [2.45, 2.75) is 37.5 Å². The summed E-state index contributed by atoms with van der Waals surface area (Å²) in [6.07, 6.45) is 1.23. The maximum atomic E-state index is 13.4. The summed E-state index contributed by atoms with van der Waals surface area (Å²) < 4.78 is 24.5. The summed E-state index contributed by atoms with van der Waals surface area (Å²) in [5.74, 6) is -0.734. The predicted octanol–water partition coefficient (Wildman–Crippen LogP) is 2.88. The first kappa shape index (κ1) is 24.5. The van der Waals surface area contributed by atoms with Crippen LogP contribution in [0.1, 0.15) is 40.4 Å². The van der Waals surface area contributed by atoms with Crippen LogP contribution < -0.4 is 15.5 Å². The van der Waals surface area contributed by atoms with Gasteiger partial charge in [-0.2, -0.15) is 0 Å². The average Bonchev–Trinajstić information content (AvgIpc) is 3.02. The Labute approximate surface area is 210 Å². The molecule has 2 saturated heterocycles. The second kappa shape index (κ2) is 10.8. The maximum absolute atomic E-state index is 13.4. The molecule has 2 N–H and O–H groups in total. The molecule has 2 atom stereocenters. The van der Waals surface area contributed by atoms with Gasteiger partial charge in [0.05, 0.1) is 25.3 Å². The first-order valence-electron chi connectivity index (χ1n) is 12.7. The van der Waals surface area contributed by atoms with Crippen LogP contribution >= 0.6 is 0 Å². The van der Waals surface area contributed by atoms with Crippen molar-refractivity contribution in [1.82, 2.24) is 15.5 Å². The molecule has 0 radical (unpaired) electrons. The number of rotatable bonds is 5. The molecule has 2 heterocycles. The van der Waals surface area contributed by atoms with Gasteiger partial charge in [0.15, 0.2) is 0 Å². The van der Waals surface area contributed by atoms with Crippen molar-refractivity contribution >= 4 is 17.7 Å². The molecule has 2 aliphatic heterocycles. The molecule has 8 nitrogen and oxygen atoms in total. The Morgan fingerprint density at radius 2 is 1.81 bits per heavy atom. The van der Waals surface area contributed by atoms with Gasteiger partial charge in [-0.1, -0.05) is 6.07 Å². The van der Waals surface area contributed by atoms with Gasteiger partial charge in [0, 0.05) is 44.5 Å². The Bertz CT molecular complexity index is 1080. The van der Waals surface area contributed by atoms with Crippen molar-refractivity contribution in [1.29, 1.82) is 0 Å². The van der Waals surface area contributed by atoms with E-state index in [1.807, 2.05) is 0 Å². The van der Waals surface area contributed by atoms with Crippen molar-refractivity contribution in [3.05, 3.63) is 65.0 Å². The SMILES string of the molecule is CNC(=O)O[C@H]1CCCc2ccc(N3CCN(C4COC4)CC3)cc2[C@@H]1NC(=O)c1ccc(F)cc1. The van der Waals surface area contributed by atoms with E-state index in [-0.39, 0.29) is 5.91 Å². The molecule has 0 bridgehead atoms. The van der Waals surface area contributed by atoms with Gasteiger partial charge in [-0.15, -0.1) is 0 Å². The Balaban J connectivity index is 1.41. The van der Waals surface area contributed by atoms with E-state index in [4.69, 9.17) is 9.47 Å². The summed E-state index contributed by atoms with van der Waals surface area (Å²) >= 11 is 0. The van der Waals surface area contributed by atoms with Gasteiger partial charge in [-0.25, -0.2) is 9.18 Å². The fourth-order valence-corrected chi connectivity index (χ4v) is 5.26. The van der Waals surface area contributed by atoms with E-state index in [2.05, 4.69) is 38.6 Å². The highest BCUT2D eigenvalue weighted by molar-refractivity contribution is 5.94. The number of nitrogens with zero attached hydrogens (tertiary/aromatic N) is 2. The molecule has 36 heavy (non-hydrogen) atoms. The summed E-state index contributed by atoms with van der Waals surface area (Å²) in [6.45, 7) is 5.44. The number of ether oxygens (including phenoxy) is 2. The zero-order valence-electron chi connectivity index (χ0n) is 20.5. The Hall–Kier alpha value is -3.17. The Morgan fingerprint density at radius 1 is 1.06 bits per heavy atom. The average molecular weight is 497 g/mol. The van der Waals surface area contributed by atoms with Crippen LogP contribution in [0.4, 0.5) is 14.9 Å². The standard InChI is InChI=1S/C27H33FN4O4/c1-29-27(34)36-24-4-2-3-18-7-10-21(31-11-13-32(14-12-31)22-16-35-17-22)15-23(18)25(24)30-26(33)19-5-8-20(28)9-6-19/h5-10,15,22,24-25H,2-4,11-14,16-17H2,1H3,(H,29,34)(H,30,33)/t24-,25-/m0/s1. The molecule has 3 aliphatic rings. The number of alkyl carbamates (subject to hydrolysis) is 1. The lowest BCUT2D eigenvalue weighted by atomic mass is 9.95. The van der Waals surface area contributed by atoms with Gasteiger partial charge in [0.25, 0.3) is 5.91 Å². The van der Waals surface area contributed by atoms with E-state index in [1.165, 1.54) is 31.3 Å². The van der Waals surface area contributed by atoms with Crippen molar-refractivity contribution in [2.75, 3.05) is 51.3 Å². The summed E-state index contributed by atoms with van der Waals surface area (Å²) in [5, 5.41) is 5.61. The number of nitrogens with one attached hydrogen (secondary N) is 2. The molecule has 2 amide bonds. The minimum Gasteiger partial charge on any atom is -0.444 e. The van der Waals surface area contributed by atoms with Gasteiger partial charge in [0.2, 0.25) is 0 Å². The van der Waals surface area contributed by atoms with Crippen LogP contribution in [0.3, 0.4) is 0 Å². The lowest BCUT2D eigenvalue weighted by Crippen LogP contribution is -2.56. The summed E-state index contributed by atoms with van der Waals surface area (Å²) in [5.41, 5.74) is 3.55. The largest absolute Gasteiger partial charge is 0.444 e. The number of piperazine rings is 1. The van der Waals surface area contributed by atoms with Crippen LogP contribution in [-0.4, -0.2) is 75.5 Å². The number of anilines is 1. The fourth-order valence-electron chi connectivity index (χ4n) is 5.26. The number of benzene rings is 2. The fraction of sp³-hybridized carbons (Fsp3) is 0.481. The quantitative estimate of drug-likeness (QED) is 0.620. The zero-order chi connectivity index (χ0) is 25.1. The highest BCUT2D eigenvalue weighted by Crippen LogP contribution is 2.34. The molecule has 2 aromatic rings. The molecular weight excluding hydrogens is 463 g/mol. The second-order valence-electron chi connectivity index (χ2n) is 9.64. The number of carbonyl (C=O) groups is 2. The molecule has 5 rings (SSSR count). The number of halogens is 1. The number of hydrogen-bond donors (Lipinski definition) is 2. The number of hydrogen-bond acceptors (Lipinski definition) is 6. The van der Waals surface area contributed by atoms with Crippen LogP contribution in [0.25, 0.3) is 0 Å². The molecule has 0 unspecified atom stereocenters. The van der Waals surface area contributed by atoms with E-state index in [0.717, 1.165) is 69.0 Å². The van der Waals surface area contributed by atoms with Crippen molar-refractivity contribution in [3.63, 3.8) is 0 Å². The normalized spacial score (nSPS) is 22.7. The number of carbonyl (C=O) groups excluding carboxylic acids is 2. The van der Waals surface area contributed by atoms with E-state index >= 15 is 0 Å². The lowest BCUT2D eigenvalue weighted by Gasteiger charge is -2.43. The van der Waals surface area contributed by atoms with Crippen LogP contribution in [0.5, 0.6) is 0 Å². The Kier molecular flexibility index (Phi) is 7.38. The van der Waals surface area contributed by atoms with Gasteiger partial charge in [-0.05, 0) is 66.8 Å². The van der Waals surface area contributed by atoms with E-state index in [1.54, 1.807) is 0 Å². The lowest BCUT2D eigenvalue weighted by molar-refractivity contribution is -0.0660. The molecule has 0 saturated carbocycles. The minimum atomic E-state index is -0.531. The van der Waals surface area contributed by atoms with Crippen LogP contribution in [-0.2, 0) is 15.9 Å². The van der Waals surface area contributed by atoms with Crippen LogP contribution in [0, 0.1) is 5.82 Å². The first-order valence-corrected chi connectivity index (χ1v) is 12.7. The third-order valence-electron chi connectivity index (χ3n) is 7.44. The Morgan fingerprint density at radius 3 is 2.47 bits per heavy atom. The van der Waals surface area contributed by atoms with Crippen molar-refractivity contribution < 1.29 is 23.5 Å². The van der Waals surface area contributed by atoms with Gasteiger partial charge >= 0.3 is 6.09 Å². The summed E-state index contributed by atoms with van der Waals surface area (Å²) in [4.78, 5) is 30.2. The second-order valence-corrected chi connectivity index (χ2v) is 9.64. The molecule has 9 heteroatoms. The topological polar surface area (TPSA) is 83.1 Å². The number of aryl methyl sites for hydroxylation is 1. The van der Waals surface area contributed by atoms with Gasteiger partial charge < -0.3 is 25.0 Å². The smallest absolute Gasteiger partial charge is 0.407 e. The highest BCUT2D eigenvalue weighted by Gasteiger charge is 2.34. The summed E-state index contributed by atoms with van der Waals surface area (Å²) in [7, 11) is 1.52. The van der Waals surface area contributed by atoms with Crippen LogP contribution in [0.2, 0.25) is 0 Å². The monoisotopic (exact) mass is 496 g/mol. The van der Waals surface area contributed by atoms with Gasteiger partial charge in [0.1, 0.15) is 11.9 Å². The van der Waals surface area contributed by atoms with Crippen molar-refractivity contribution in [2.24, 2.45) is 0 Å². The van der Waals surface area contributed by atoms with E-state index in [0.29, 0.717) is 18.0 Å². The molecule has 192 valence electrons. The zero-order valence-corrected chi connectivity index (χ0v) is 20.5. The van der Waals surface area contributed by atoms with E-state index in [9.17, 15) is 14.0 Å². The maximum Gasteiger partial charge on any atom is 0.407 e. The number of fused-ring (bicyclic) bond motifs is 1.